The monoisotopic (exact) mass is 372 g/mol. The van der Waals surface area contributed by atoms with Gasteiger partial charge in [-0.1, -0.05) is 16.8 Å². The molecule has 2 aromatic heterocycles. The van der Waals surface area contributed by atoms with Crippen molar-refractivity contribution < 1.29 is 13.2 Å². The van der Waals surface area contributed by atoms with Crippen molar-refractivity contribution in [1.29, 1.82) is 0 Å². The van der Waals surface area contributed by atoms with Gasteiger partial charge in [0, 0.05) is 20.1 Å². The Labute approximate surface area is 144 Å². The Hall–Kier alpha value is -1.49. The first-order valence-electron chi connectivity index (χ1n) is 7.59. The SMILES string of the molecule is Cc1nn(C)c(Cl)c1S(=O)(=O)N1CC[C@H]2[C@H](C1)OCc1cnnn12. The van der Waals surface area contributed by atoms with Crippen molar-refractivity contribution in [2.45, 2.75) is 37.0 Å². The van der Waals surface area contributed by atoms with Crippen LogP contribution in [0.15, 0.2) is 11.1 Å². The number of rotatable bonds is 2. The highest BCUT2D eigenvalue weighted by atomic mass is 35.5. The second-order valence-corrected chi connectivity index (χ2v) is 8.30. The minimum absolute atomic E-state index is 0.00756. The zero-order valence-electron chi connectivity index (χ0n) is 13.3. The number of aromatic nitrogens is 5. The number of hydrogen-bond donors (Lipinski definition) is 0. The summed E-state index contributed by atoms with van der Waals surface area (Å²) in [5.41, 5.74) is 1.31. The summed E-state index contributed by atoms with van der Waals surface area (Å²) in [6, 6.07) is 0.00756. The van der Waals surface area contributed by atoms with Crippen LogP contribution in [0.4, 0.5) is 0 Å². The van der Waals surface area contributed by atoms with Crippen LogP contribution in [-0.4, -0.2) is 56.7 Å². The molecule has 0 unspecified atom stereocenters. The number of halogens is 1. The maximum absolute atomic E-state index is 13.0. The zero-order valence-corrected chi connectivity index (χ0v) is 14.8. The second-order valence-electron chi connectivity index (χ2n) is 6.07. The second kappa shape index (κ2) is 5.51. The quantitative estimate of drug-likeness (QED) is 0.762. The van der Waals surface area contributed by atoms with E-state index in [0.717, 1.165) is 5.69 Å². The Morgan fingerprint density at radius 2 is 2.21 bits per heavy atom. The van der Waals surface area contributed by atoms with Gasteiger partial charge in [-0.3, -0.25) is 4.68 Å². The van der Waals surface area contributed by atoms with Gasteiger partial charge in [0.25, 0.3) is 0 Å². The minimum atomic E-state index is -3.72. The summed E-state index contributed by atoms with van der Waals surface area (Å²) in [5.74, 6) is 0. The molecular formula is C13H17ClN6O3S. The standard InChI is InChI=1S/C13H17ClN6O3S/c1-8-12(13(14)18(2)16-8)24(21,22)19-4-3-10-11(6-19)23-7-9-5-15-17-20(9)10/h5,10-11H,3-4,6-7H2,1-2H3/t10-,11-/m0/s1. The molecular weight excluding hydrogens is 356 g/mol. The number of sulfonamides is 1. The van der Waals surface area contributed by atoms with Gasteiger partial charge < -0.3 is 4.74 Å². The van der Waals surface area contributed by atoms with Crippen LogP contribution in [0.3, 0.4) is 0 Å². The predicted molar refractivity (Wildman–Crippen MR) is 84.0 cm³/mol. The maximum atomic E-state index is 13.0. The molecule has 0 aromatic carbocycles. The zero-order chi connectivity index (χ0) is 17.1. The Bertz CT molecular complexity index is 892. The van der Waals surface area contributed by atoms with E-state index in [9.17, 15) is 8.42 Å². The van der Waals surface area contributed by atoms with Crippen LogP contribution in [0.2, 0.25) is 5.15 Å². The predicted octanol–water partition coefficient (Wildman–Crippen LogP) is 0.508. The topological polar surface area (TPSA) is 95.1 Å². The summed E-state index contributed by atoms with van der Waals surface area (Å²) in [6.07, 6.45) is 2.04. The number of aryl methyl sites for hydroxylation is 2. The highest BCUT2D eigenvalue weighted by molar-refractivity contribution is 7.89. The third-order valence-electron chi connectivity index (χ3n) is 4.59. The molecule has 11 heteroatoms. The Kier molecular flexibility index (Phi) is 3.68. The first kappa shape index (κ1) is 16.0. The average Bonchev–Trinajstić information content (AvgIpc) is 3.11. The van der Waals surface area contributed by atoms with Gasteiger partial charge in [0.2, 0.25) is 10.0 Å². The van der Waals surface area contributed by atoms with E-state index < -0.39 is 10.0 Å². The van der Waals surface area contributed by atoms with Crippen molar-refractivity contribution in [3.8, 4) is 0 Å². The van der Waals surface area contributed by atoms with Crippen molar-refractivity contribution in [3.05, 3.63) is 22.7 Å². The van der Waals surface area contributed by atoms with E-state index in [1.165, 1.54) is 8.99 Å². The molecule has 2 aromatic rings. The highest BCUT2D eigenvalue weighted by Gasteiger charge is 2.42. The molecule has 24 heavy (non-hydrogen) atoms. The van der Waals surface area contributed by atoms with E-state index in [4.69, 9.17) is 16.3 Å². The molecule has 130 valence electrons. The molecule has 0 spiro atoms. The molecule has 4 rings (SSSR count). The summed E-state index contributed by atoms with van der Waals surface area (Å²) in [5, 5.41) is 12.2. The van der Waals surface area contributed by atoms with E-state index >= 15 is 0 Å². The Morgan fingerprint density at radius 1 is 1.42 bits per heavy atom. The van der Waals surface area contributed by atoms with Crippen LogP contribution in [-0.2, 0) is 28.4 Å². The molecule has 1 fully saturated rings. The van der Waals surface area contributed by atoms with Crippen molar-refractivity contribution in [2.24, 2.45) is 7.05 Å². The average molecular weight is 373 g/mol. The van der Waals surface area contributed by atoms with E-state index in [1.54, 1.807) is 20.2 Å². The van der Waals surface area contributed by atoms with Crippen LogP contribution >= 0.6 is 11.6 Å². The van der Waals surface area contributed by atoms with E-state index in [2.05, 4.69) is 15.4 Å². The van der Waals surface area contributed by atoms with Crippen LogP contribution in [0.1, 0.15) is 23.9 Å². The smallest absolute Gasteiger partial charge is 0.248 e. The van der Waals surface area contributed by atoms with Crippen LogP contribution in [0.5, 0.6) is 0 Å². The summed E-state index contributed by atoms with van der Waals surface area (Å²) in [6.45, 7) is 2.66. The fourth-order valence-electron chi connectivity index (χ4n) is 3.41. The third kappa shape index (κ3) is 2.28. The normalized spacial score (nSPS) is 24.6. The lowest BCUT2D eigenvalue weighted by Gasteiger charge is -2.40. The van der Waals surface area contributed by atoms with Gasteiger partial charge in [0.15, 0.2) is 0 Å². The Morgan fingerprint density at radius 3 is 2.92 bits per heavy atom. The highest BCUT2D eigenvalue weighted by Crippen LogP contribution is 2.34. The fraction of sp³-hybridized carbons (Fsp3) is 0.615. The lowest BCUT2D eigenvalue weighted by atomic mass is 10.0. The number of piperidine rings is 1. The van der Waals surface area contributed by atoms with Crippen molar-refractivity contribution in [1.82, 2.24) is 29.1 Å². The molecule has 0 N–H and O–H groups in total. The first-order valence-corrected chi connectivity index (χ1v) is 9.41. The number of fused-ring (bicyclic) bond motifs is 3. The molecule has 0 saturated carbocycles. The van der Waals surface area contributed by atoms with Gasteiger partial charge in [-0.2, -0.15) is 9.40 Å². The summed E-state index contributed by atoms with van der Waals surface area (Å²) < 4.78 is 36.5. The molecule has 2 aliphatic rings. The van der Waals surface area contributed by atoms with E-state index in [1.807, 2.05) is 4.68 Å². The molecule has 4 heterocycles. The van der Waals surface area contributed by atoms with Crippen molar-refractivity contribution in [3.63, 3.8) is 0 Å². The lowest BCUT2D eigenvalue weighted by molar-refractivity contribution is -0.0544. The summed E-state index contributed by atoms with van der Waals surface area (Å²) in [4.78, 5) is 0.0716. The molecule has 1 saturated heterocycles. The van der Waals surface area contributed by atoms with E-state index in [-0.39, 0.29) is 28.7 Å². The third-order valence-corrected chi connectivity index (χ3v) is 7.16. The first-order chi connectivity index (χ1) is 11.4. The minimum Gasteiger partial charge on any atom is -0.368 e. The van der Waals surface area contributed by atoms with Gasteiger partial charge in [-0.05, 0) is 13.3 Å². The maximum Gasteiger partial charge on any atom is 0.248 e. The summed E-state index contributed by atoms with van der Waals surface area (Å²) in [7, 11) is -2.10. The molecule has 9 nitrogen and oxygen atoms in total. The van der Waals surface area contributed by atoms with Crippen LogP contribution in [0, 0.1) is 6.92 Å². The molecule has 2 atom stereocenters. The molecule has 0 bridgehead atoms. The van der Waals surface area contributed by atoms with Gasteiger partial charge >= 0.3 is 0 Å². The van der Waals surface area contributed by atoms with Gasteiger partial charge in [0.1, 0.15) is 10.0 Å². The number of ether oxygens (including phenoxy) is 1. The van der Waals surface area contributed by atoms with Crippen LogP contribution < -0.4 is 0 Å². The summed E-state index contributed by atoms with van der Waals surface area (Å²) >= 11 is 6.15. The van der Waals surface area contributed by atoms with Crippen LogP contribution in [0.25, 0.3) is 0 Å². The lowest BCUT2D eigenvalue weighted by Crippen LogP contribution is -2.50. The number of hydrogen-bond acceptors (Lipinski definition) is 6. The largest absolute Gasteiger partial charge is 0.368 e. The molecule has 0 aliphatic carbocycles. The van der Waals surface area contributed by atoms with Crippen molar-refractivity contribution in [2.75, 3.05) is 13.1 Å². The fourth-order valence-corrected chi connectivity index (χ4v) is 5.58. The molecule has 2 aliphatic heterocycles. The van der Waals surface area contributed by atoms with Gasteiger partial charge in [-0.15, -0.1) is 5.10 Å². The molecule has 0 amide bonds. The van der Waals surface area contributed by atoms with E-state index in [0.29, 0.717) is 25.3 Å². The van der Waals surface area contributed by atoms with Gasteiger partial charge in [-0.25, -0.2) is 13.1 Å². The number of nitrogens with zero attached hydrogens (tertiary/aromatic N) is 6. The molecule has 0 radical (unpaired) electrons. The van der Waals surface area contributed by atoms with Crippen molar-refractivity contribution >= 4 is 21.6 Å². The Balaban J connectivity index is 1.63. The van der Waals surface area contributed by atoms with Gasteiger partial charge in [0.05, 0.1) is 36.3 Å².